The number of anilines is 1. The van der Waals surface area contributed by atoms with Gasteiger partial charge in [-0.05, 0) is 49.6 Å². The van der Waals surface area contributed by atoms with Crippen LogP contribution in [0.25, 0.3) is 0 Å². The smallest absolute Gasteiger partial charge is 0.122 e. The number of benzene rings is 1. The van der Waals surface area contributed by atoms with Crippen LogP contribution in [0.2, 0.25) is 0 Å². The van der Waals surface area contributed by atoms with Gasteiger partial charge in [0.2, 0.25) is 0 Å². The van der Waals surface area contributed by atoms with Gasteiger partial charge in [0.1, 0.15) is 5.75 Å². The maximum Gasteiger partial charge on any atom is 0.122 e. The average Bonchev–Trinajstić information content (AvgIpc) is 2.89. The maximum absolute atomic E-state index is 5.55. The van der Waals surface area contributed by atoms with Crippen molar-refractivity contribution in [2.75, 3.05) is 31.6 Å². The summed E-state index contributed by atoms with van der Waals surface area (Å²) >= 11 is 0. The van der Waals surface area contributed by atoms with Gasteiger partial charge in [0.15, 0.2) is 0 Å². The minimum atomic E-state index is 0.633. The molecule has 2 aliphatic rings. The number of likely N-dealkylation sites (tertiary alicyclic amines) is 1. The average molecular weight is 260 g/mol. The van der Waals surface area contributed by atoms with E-state index in [0.29, 0.717) is 6.04 Å². The predicted octanol–water partition coefficient (Wildman–Crippen LogP) is 2.91. The Morgan fingerprint density at radius 1 is 1.32 bits per heavy atom. The zero-order valence-corrected chi connectivity index (χ0v) is 11.8. The fraction of sp³-hybridized carbons (Fsp3) is 0.625. The van der Waals surface area contributed by atoms with Crippen molar-refractivity contribution >= 4 is 5.69 Å². The summed E-state index contributed by atoms with van der Waals surface area (Å²) < 4.78 is 5.55. The normalized spacial score (nSPS) is 20.1. The molecule has 1 aromatic carbocycles. The zero-order chi connectivity index (χ0) is 13.1. The number of hydrogen-bond acceptors (Lipinski definition) is 3. The van der Waals surface area contributed by atoms with Crippen LogP contribution in [-0.2, 0) is 6.42 Å². The third-order valence-corrected chi connectivity index (χ3v) is 4.19. The van der Waals surface area contributed by atoms with Gasteiger partial charge in [-0.3, -0.25) is 0 Å². The van der Waals surface area contributed by atoms with Crippen LogP contribution in [0.5, 0.6) is 5.75 Å². The van der Waals surface area contributed by atoms with Gasteiger partial charge >= 0.3 is 0 Å². The number of nitrogens with zero attached hydrogens (tertiary/aromatic N) is 1. The minimum absolute atomic E-state index is 0.633. The van der Waals surface area contributed by atoms with E-state index in [0.717, 1.165) is 18.8 Å². The molecule has 19 heavy (non-hydrogen) atoms. The zero-order valence-electron chi connectivity index (χ0n) is 11.8. The Bertz CT molecular complexity index is 425. The lowest BCUT2D eigenvalue weighted by molar-refractivity contribution is 0.219. The number of fused-ring (bicyclic) bond motifs is 1. The third kappa shape index (κ3) is 3.03. The van der Waals surface area contributed by atoms with E-state index in [1.54, 1.807) is 0 Å². The first-order valence-electron chi connectivity index (χ1n) is 7.60. The second-order valence-corrected chi connectivity index (χ2v) is 5.68. The molecule has 0 bridgehead atoms. The third-order valence-electron chi connectivity index (χ3n) is 4.19. The van der Waals surface area contributed by atoms with Crippen molar-refractivity contribution in [1.29, 1.82) is 0 Å². The van der Waals surface area contributed by atoms with Crippen LogP contribution < -0.4 is 10.1 Å². The van der Waals surface area contributed by atoms with Crippen LogP contribution in [0.1, 0.15) is 31.7 Å². The largest absolute Gasteiger partial charge is 0.493 e. The lowest BCUT2D eigenvalue weighted by Crippen LogP contribution is -2.39. The number of rotatable bonds is 4. The van der Waals surface area contributed by atoms with Gasteiger partial charge in [0, 0.05) is 31.2 Å². The van der Waals surface area contributed by atoms with Crippen molar-refractivity contribution in [2.24, 2.45) is 0 Å². The number of ether oxygens (including phenoxy) is 1. The highest BCUT2D eigenvalue weighted by Crippen LogP contribution is 2.28. The summed E-state index contributed by atoms with van der Waals surface area (Å²) in [6.45, 7) is 6.83. The maximum atomic E-state index is 5.55. The standard InChI is InChI=1S/C16H24N2O/c1-2-8-18-9-5-14(6-10-18)17-15-3-4-16-13(12-15)7-11-19-16/h3-4,12,14,17H,2,5-11H2,1H3. The molecular weight excluding hydrogens is 236 g/mol. The van der Waals surface area contributed by atoms with Crippen LogP contribution in [-0.4, -0.2) is 37.2 Å². The van der Waals surface area contributed by atoms with Crippen LogP contribution >= 0.6 is 0 Å². The second kappa shape index (κ2) is 5.83. The molecule has 2 aliphatic heterocycles. The number of hydrogen-bond donors (Lipinski definition) is 1. The minimum Gasteiger partial charge on any atom is -0.493 e. The molecule has 0 aromatic heterocycles. The quantitative estimate of drug-likeness (QED) is 0.901. The first-order chi connectivity index (χ1) is 9.35. The summed E-state index contributed by atoms with van der Waals surface area (Å²) in [4.78, 5) is 2.58. The molecule has 0 aliphatic carbocycles. The van der Waals surface area contributed by atoms with Gasteiger partial charge in [-0.25, -0.2) is 0 Å². The van der Waals surface area contributed by atoms with Crippen molar-refractivity contribution in [2.45, 2.75) is 38.6 Å². The second-order valence-electron chi connectivity index (χ2n) is 5.68. The lowest BCUT2D eigenvalue weighted by Gasteiger charge is -2.32. The first kappa shape index (κ1) is 12.8. The molecule has 1 N–H and O–H groups in total. The molecule has 0 atom stereocenters. The Kier molecular flexibility index (Phi) is 3.92. The summed E-state index contributed by atoms with van der Waals surface area (Å²) in [5.74, 6) is 1.07. The van der Waals surface area contributed by atoms with Crippen molar-refractivity contribution in [3.63, 3.8) is 0 Å². The summed E-state index contributed by atoms with van der Waals surface area (Å²) in [5.41, 5.74) is 2.62. The molecular formula is C16H24N2O. The Hall–Kier alpha value is -1.22. The van der Waals surface area contributed by atoms with Gasteiger partial charge in [0.25, 0.3) is 0 Å². The van der Waals surface area contributed by atoms with Gasteiger partial charge in [-0.1, -0.05) is 6.92 Å². The van der Waals surface area contributed by atoms with Crippen molar-refractivity contribution in [3.05, 3.63) is 23.8 Å². The van der Waals surface area contributed by atoms with Crippen molar-refractivity contribution < 1.29 is 4.74 Å². The molecule has 1 aromatic rings. The van der Waals surface area contributed by atoms with E-state index in [9.17, 15) is 0 Å². The lowest BCUT2D eigenvalue weighted by atomic mass is 10.0. The van der Waals surface area contributed by atoms with Crippen molar-refractivity contribution in [1.82, 2.24) is 4.90 Å². The summed E-state index contributed by atoms with van der Waals surface area (Å²) in [6.07, 6.45) is 4.84. The highest BCUT2D eigenvalue weighted by atomic mass is 16.5. The topological polar surface area (TPSA) is 24.5 Å². The molecule has 3 rings (SSSR count). The SMILES string of the molecule is CCCN1CCC(Nc2ccc3c(c2)CCO3)CC1. The highest BCUT2D eigenvalue weighted by Gasteiger charge is 2.19. The van der Waals surface area contributed by atoms with Gasteiger partial charge in [-0.15, -0.1) is 0 Å². The Balaban J connectivity index is 1.55. The van der Waals surface area contributed by atoms with Crippen molar-refractivity contribution in [3.8, 4) is 5.75 Å². The Morgan fingerprint density at radius 2 is 2.16 bits per heavy atom. The summed E-state index contributed by atoms with van der Waals surface area (Å²) in [7, 11) is 0. The molecule has 1 saturated heterocycles. The van der Waals surface area contributed by atoms with Crippen LogP contribution in [0, 0.1) is 0 Å². The molecule has 0 amide bonds. The molecule has 0 spiro atoms. The van der Waals surface area contributed by atoms with E-state index in [4.69, 9.17) is 4.74 Å². The van der Waals surface area contributed by atoms with Crippen LogP contribution in [0.4, 0.5) is 5.69 Å². The van der Waals surface area contributed by atoms with E-state index in [2.05, 4.69) is 35.3 Å². The molecule has 3 heteroatoms. The van der Waals surface area contributed by atoms with E-state index in [-0.39, 0.29) is 0 Å². The summed E-state index contributed by atoms with van der Waals surface area (Å²) in [6, 6.07) is 7.16. The monoisotopic (exact) mass is 260 g/mol. The molecule has 1 fully saturated rings. The number of nitrogens with one attached hydrogen (secondary N) is 1. The molecule has 0 saturated carbocycles. The van der Waals surface area contributed by atoms with Gasteiger partial charge in [-0.2, -0.15) is 0 Å². The molecule has 3 nitrogen and oxygen atoms in total. The van der Waals surface area contributed by atoms with Crippen LogP contribution in [0.15, 0.2) is 18.2 Å². The van der Waals surface area contributed by atoms with E-state index < -0.39 is 0 Å². The highest BCUT2D eigenvalue weighted by molar-refractivity contribution is 5.53. The molecule has 2 heterocycles. The number of piperidine rings is 1. The van der Waals surface area contributed by atoms with Crippen LogP contribution in [0.3, 0.4) is 0 Å². The molecule has 0 radical (unpaired) electrons. The predicted molar refractivity (Wildman–Crippen MR) is 79.0 cm³/mol. The molecule has 0 unspecified atom stereocenters. The Labute approximate surface area is 115 Å². The fourth-order valence-corrected chi connectivity index (χ4v) is 3.13. The Morgan fingerprint density at radius 3 is 2.95 bits per heavy atom. The first-order valence-corrected chi connectivity index (χ1v) is 7.60. The fourth-order valence-electron chi connectivity index (χ4n) is 3.13. The van der Waals surface area contributed by atoms with E-state index in [1.807, 2.05) is 0 Å². The van der Waals surface area contributed by atoms with Gasteiger partial charge in [0.05, 0.1) is 6.61 Å². The van der Waals surface area contributed by atoms with Gasteiger partial charge < -0.3 is 15.0 Å². The van der Waals surface area contributed by atoms with E-state index in [1.165, 1.54) is 50.1 Å². The summed E-state index contributed by atoms with van der Waals surface area (Å²) in [5, 5.41) is 3.69. The molecule has 104 valence electrons. The van der Waals surface area contributed by atoms with E-state index >= 15 is 0 Å².